The van der Waals surface area contributed by atoms with Crippen molar-refractivity contribution in [3.8, 4) is 0 Å². The number of benzene rings is 1. The molecule has 0 unspecified atom stereocenters. The molecule has 1 heterocycles. The molecule has 2 rings (SSSR count). The first-order valence-electron chi connectivity index (χ1n) is 5.12. The average Bonchev–Trinajstić information content (AvgIpc) is 2.31. The Balaban J connectivity index is 2.26. The lowest BCUT2D eigenvalue weighted by Crippen LogP contribution is -2.28. The molecular weight excluding hydrogens is 212 g/mol. The zero-order chi connectivity index (χ0) is 10.7. The van der Waals surface area contributed by atoms with Crippen LogP contribution in [-0.4, -0.2) is 20.5 Å². The molecule has 4 heteroatoms. The van der Waals surface area contributed by atoms with Gasteiger partial charge in [-0.3, -0.25) is 0 Å². The van der Waals surface area contributed by atoms with Crippen molar-refractivity contribution in [3.63, 3.8) is 0 Å². The summed E-state index contributed by atoms with van der Waals surface area (Å²) in [4.78, 5) is 0.358. The van der Waals surface area contributed by atoms with Crippen molar-refractivity contribution in [1.82, 2.24) is 0 Å². The van der Waals surface area contributed by atoms with E-state index in [-0.39, 0.29) is 0 Å². The zero-order valence-corrected chi connectivity index (χ0v) is 9.24. The second kappa shape index (κ2) is 4.33. The lowest BCUT2D eigenvalue weighted by atomic mass is 10.2. The van der Waals surface area contributed by atoms with Crippen molar-refractivity contribution < 1.29 is 13.2 Å². The van der Waals surface area contributed by atoms with Crippen molar-refractivity contribution in [1.29, 1.82) is 0 Å². The Bertz CT molecular complexity index is 405. The van der Waals surface area contributed by atoms with Gasteiger partial charge in [-0.25, -0.2) is 8.42 Å². The minimum Gasteiger partial charge on any atom is -0.362 e. The van der Waals surface area contributed by atoms with Crippen LogP contribution in [0.2, 0.25) is 0 Å². The van der Waals surface area contributed by atoms with E-state index in [4.69, 9.17) is 4.74 Å². The quantitative estimate of drug-likeness (QED) is 0.774. The van der Waals surface area contributed by atoms with E-state index < -0.39 is 15.3 Å². The van der Waals surface area contributed by atoms with Crippen molar-refractivity contribution in [2.24, 2.45) is 0 Å². The third-order valence-corrected chi connectivity index (χ3v) is 4.55. The fourth-order valence-corrected chi connectivity index (χ4v) is 3.31. The van der Waals surface area contributed by atoms with Crippen molar-refractivity contribution >= 4 is 9.84 Å². The number of rotatable bonds is 2. The van der Waals surface area contributed by atoms with Gasteiger partial charge in [-0.05, 0) is 31.4 Å². The number of hydrogen-bond donors (Lipinski definition) is 0. The molecule has 0 aliphatic carbocycles. The number of ether oxygens (including phenoxy) is 1. The molecule has 0 bridgehead atoms. The summed E-state index contributed by atoms with van der Waals surface area (Å²) < 4.78 is 29.4. The van der Waals surface area contributed by atoms with Crippen LogP contribution in [-0.2, 0) is 14.6 Å². The molecule has 82 valence electrons. The predicted molar refractivity (Wildman–Crippen MR) is 57.2 cm³/mol. The highest BCUT2D eigenvalue weighted by atomic mass is 32.2. The Morgan fingerprint density at radius 1 is 1.13 bits per heavy atom. The third kappa shape index (κ3) is 2.21. The van der Waals surface area contributed by atoms with Crippen LogP contribution in [0.4, 0.5) is 0 Å². The molecule has 0 saturated carbocycles. The number of hydrogen-bond acceptors (Lipinski definition) is 3. The zero-order valence-electron chi connectivity index (χ0n) is 8.43. The van der Waals surface area contributed by atoms with Gasteiger partial charge < -0.3 is 4.74 Å². The van der Waals surface area contributed by atoms with E-state index in [1.807, 2.05) is 0 Å². The Hall–Kier alpha value is -0.870. The average molecular weight is 226 g/mol. The van der Waals surface area contributed by atoms with Gasteiger partial charge >= 0.3 is 0 Å². The summed E-state index contributed by atoms with van der Waals surface area (Å²) in [5.74, 6) is 0. The molecule has 1 fully saturated rings. The maximum absolute atomic E-state index is 12.1. The maximum atomic E-state index is 12.1. The van der Waals surface area contributed by atoms with E-state index >= 15 is 0 Å². The first-order valence-corrected chi connectivity index (χ1v) is 6.66. The maximum Gasteiger partial charge on any atom is 0.205 e. The van der Waals surface area contributed by atoms with Gasteiger partial charge in [-0.15, -0.1) is 0 Å². The molecule has 0 amide bonds. The molecule has 1 aliphatic rings. The highest BCUT2D eigenvalue weighted by molar-refractivity contribution is 7.91. The van der Waals surface area contributed by atoms with E-state index in [1.165, 1.54) is 0 Å². The molecule has 1 aromatic carbocycles. The van der Waals surface area contributed by atoms with E-state index in [0.29, 0.717) is 17.9 Å². The minimum atomic E-state index is -3.28. The Kier molecular flexibility index (Phi) is 3.07. The van der Waals surface area contributed by atoms with Crippen LogP contribution in [0.5, 0.6) is 0 Å². The molecule has 15 heavy (non-hydrogen) atoms. The summed E-state index contributed by atoms with van der Waals surface area (Å²) in [7, 11) is -3.28. The first-order chi connectivity index (χ1) is 7.21. The molecule has 3 nitrogen and oxygen atoms in total. The van der Waals surface area contributed by atoms with Crippen molar-refractivity contribution in [3.05, 3.63) is 30.3 Å². The van der Waals surface area contributed by atoms with E-state index in [0.717, 1.165) is 12.8 Å². The SMILES string of the molecule is O=S(=O)(c1ccccc1)[C@@H]1CCCCO1. The molecular formula is C11H14O3S. The molecule has 0 N–H and O–H groups in total. The smallest absolute Gasteiger partial charge is 0.205 e. The molecule has 1 aromatic rings. The Morgan fingerprint density at radius 2 is 1.87 bits per heavy atom. The predicted octanol–water partition coefficient (Wildman–Crippen LogP) is 1.99. The molecule has 1 atom stereocenters. The summed E-state index contributed by atoms with van der Waals surface area (Å²) in [6, 6.07) is 8.51. The van der Waals surface area contributed by atoms with Gasteiger partial charge in [0.25, 0.3) is 0 Å². The van der Waals surface area contributed by atoms with Crippen LogP contribution in [0, 0.1) is 0 Å². The van der Waals surface area contributed by atoms with Crippen LogP contribution < -0.4 is 0 Å². The summed E-state index contributed by atoms with van der Waals surface area (Å²) in [5, 5.41) is 0. The molecule has 0 aromatic heterocycles. The van der Waals surface area contributed by atoms with Gasteiger partial charge in [0.15, 0.2) is 5.44 Å². The first kappa shape index (κ1) is 10.6. The fraction of sp³-hybridized carbons (Fsp3) is 0.455. The molecule has 1 saturated heterocycles. The lowest BCUT2D eigenvalue weighted by molar-refractivity contribution is 0.0661. The molecule has 0 radical (unpaired) electrons. The van der Waals surface area contributed by atoms with E-state index in [1.54, 1.807) is 30.3 Å². The van der Waals surface area contributed by atoms with Gasteiger partial charge in [0.2, 0.25) is 9.84 Å². The summed E-state index contributed by atoms with van der Waals surface area (Å²) >= 11 is 0. The Labute approximate surface area is 90.0 Å². The van der Waals surface area contributed by atoms with E-state index in [2.05, 4.69) is 0 Å². The van der Waals surface area contributed by atoms with Crippen LogP contribution in [0.25, 0.3) is 0 Å². The Morgan fingerprint density at radius 3 is 2.47 bits per heavy atom. The summed E-state index contributed by atoms with van der Waals surface area (Å²) in [6.07, 6.45) is 2.49. The van der Waals surface area contributed by atoms with Crippen LogP contribution >= 0.6 is 0 Å². The van der Waals surface area contributed by atoms with Gasteiger partial charge in [0.1, 0.15) is 0 Å². The monoisotopic (exact) mass is 226 g/mol. The summed E-state index contributed by atoms with van der Waals surface area (Å²) in [5.41, 5.74) is -0.645. The van der Waals surface area contributed by atoms with Crippen LogP contribution in [0.1, 0.15) is 19.3 Å². The second-order valence-corrected chi connectivity index (χ2v) is 5.74. The molecule has 1 aliphatic heterocycles. The van der Waals surface area contributed by atoms with Gasteiger partial charge in [0, 0.05) is 6.61 Å². The lowest BCUT2D eigenvalue weighted by Gasteiger charge is -2.22. The van der Waals surface area contributed by atoms with Gasteiger partial charge in [-0.2, -0.15) is 0 Å². The highest BCUT2D eigenvalue weighted by Crippen LogP contribution is 2.23. The number of sulfone groups is 1. The standard InChI is InChI=1S/C11H14O3S/c12-15(13,10-6-2-1-3-7-10)11-8-4-5-9-14-11/h1-3,6-7,11H,4-5,8-9H2/t11-/m1/s1. The van der Waals surface area contributed by atoms with E-state index in [9.17, 15) is 8.42 Å². The van der Waals surface area contributed by atoms with Gasteiger partial charge in [-0.1, -0.05) is 18.2 Å². The third-order valence-electron chi connectivity index (χ3n) is 2.56. The highest BCUT2D eigenvalue weighted by Gasteiger charge is 2.29. The largest absolute Gasteiger partial charge is 0.362 e. The van der Waals surface area contributed by atoms with Crippen molar-refractivity contribution in [2.75, 3.05) is 6.61 Å². The molecule has 0 spiro atoms. The second-order valence-electron chi connectivity index (χ2n) is 3.65. The topological polar surface area (TPSA) is 43.4 Å². The van der Waals surface area contributed by atoms with Crippen molar-refractivity contribution in [2.45, 2.75) is 29.6 Å². The minimum absolute atomic E-state index is 0.358. The van der Waals surface area contributed by atoms with Gasteiger partial charge in [0.05, 0.1) is 4.90 Å². The normalized spacial score (nSPS) is 22.5. The van der Waals surface area contributed by atoms with Crippen LogP contribution in [0.3, 0.4) is 0 Å². The summed E-state index contributed by atoms with van der Waals surface area (Å²) in [6.45, 7) is 0.552. The fourth-order valence-electron chi connectivity index (χ4n) is 1.72. The van der Waals surface area contributed by atoms with Crippen LogP contribution in [0.15, 0.2) is 35.2 Å².